The summed E-state index contributed by atoms with van der Waals surface area (Å²) < 4.78 is 5.43. The SMILES string of the molecule is CCNCc1ccc(Cl)cc1N1CCC(OC)CC1. The normalized spacial score (nSPS) is 16.9. The minimum Gasteiger partial charge on any atom is -0.381 e. The Morgan fingerprint density at radius 1 is 1.37 bits per heavy atom. The van der Waals surface area contributed by atoms with Crippen LogP contribution in [-0.4, -0.2) is 32.8 Å². The summed E-state index contributed by atoms with van der Waals surface area (Å²) in [4.78, 5) is 2.42. The number of halogens is 1. The summed E-state index contributed by atoms with van der Waals surface area (Å²) in [6, 6.07) is 6.18. The van der Waals surface area contributed by atoms with Crippen molar-refractivity contribution in [3.8, 4) is 0 Å². The van der Waals surface area contributed by atoms with Crippen LogP contribution >= 0.6 is 11.6 Å². The van der Waals surface area contributed by atoms with Crippen molar-refractivity contribution >= 4 is 17.3 Å². The fourth-order valence-corrected chi connectivity index (χ4v) is 2.74. The molecule has 1 aliphatic heterocycles. The van der Waals surface area contributed by atoms with E-state index in [0.29, 0.717) is 6.10 Å². The number of nitrogens with one attached hydrogen (secondary N) is 1. The fraction of sp³-hybridized carbons (Fsp3) is 0.600. The number of anilines is 1. The van der Waals surface area contributed by atoms with Gasteiger partial charge in [0.15, 0.2) is 0 Å². The molecule has 0 bridgehead atoms. The van der Waals surface area contributed by atoms with Crippen molar-refractivity contribution in [2.24, 2.45) is 0 Å². The number of hydrogen-bond donors (Lipinski definition) is 1. The molecule has 0 aliphatic carbocycles. The predicted molar refractivity (Wildman–Crippen MR) is 81.1 cm³/mol. The maximum absolute atomic E-state index is 6.15. The minimum absolute atomic E-state index is 0.410. The van der Waals surface area contributed by atoms with Gasteiger partial charge in [-0.25, -0.2) is 0 Å². The molecular formula is C15H23ClN2O. The topological polar surface area (TPSA) is 24.5 Å². The maximum Gasteiger partial charge on any atom is 0.0605 e. The summed E-state index contributed by atoms with van der Waals surface area (Å²) in [7, 11) is 1.80. The lowest BCUT2D eigenvalue weighted by molar-refractivity contribution is 0.0819. The van der Waals surface area contributed by atoms with Crippen LogP contribution in [0.4, 0.5) is 5.69 Å². The zero-order valence-electron chi connectivity index (χ0n) is 11.8. The lowest BCUT2D eigenvalue weighted by atomic mass is 10.0. The van der Waals surface area contributed by atoms with Gasteiger partial charge in [-0.05, 0) is 37.1 Å². The quantitative estimate of drug-likeness (QED) is 0.898. The standard InChI is InChI=1S/C15H23ClN2O/c1-3-17-11-12-4-5-13(16)10-15(12)18-8-6-14(19-2)7-9-18/h4-5,10,14,17H,3,6-9,11H2,1-2H3. The summed E-state index contributed by atoms with van der Waals surface area (Å²) >= 11 is 6.15. The first-order chi connectivity index (χ1) is 9.24. The van der Waals surface area contributed by atoms with Crippen LogP contribution in [0.5, 0.6) is 0 Å². The molecule has 1 N–H and O–H groups in total. The van der Waals surface area contributed by atoms with Gasteiger partial charge in [0.25, 0.3) is 0 Å². The molecule has 1 aliphatic rings. The molecule has 106 valence electrons. The van der Waals surface area contributed by atoms with Gasteiger partial charge in [-0.3, -0.25) is 0 Å². The molecule has 4 heteroatoms. The summed E-state index contributed by atoms with van der Waals surface area (Å²) in [5.41, 5.74) is 2.59. The van der Waals surface area contributed by atoms with Gasteiger partial charge in [0, 0.05) is 37.5 Å². The zero-order chi connectivity index (χ0) is 13.7. The Hall–Kier alpha value is -0.770. The van der Waals surface area contributed by atoms with Gasteiger partial charge >= 0.3 is 0 Å². The van der Waals surface area contributed by atoms with Crippen LogP contribution in [0.2, 0.25) is 5.02 Å². The Morgan fingerprint density at radius 2 is 2.11 bits per heavy atom. The molecule has 0 aromatic heterocycles. The van der Waals surface area contributed by atoms with Gasteiger partial charge in [0.2, 0.25) is 0 Å². The zero-order valence-corrected chi connectivity index (χ0v) is 12.5. The Labute approximate surface area is 120 Å². The summed E-state index contributed by atoms with van der Waals surface area (Å²) in [6.07, 6.45) is 2.58. The van der Waals surface area contributed by atoms with Crippen molar-refractivity contribution in [1.29, 1.82) is 0 Å². The average molecular weight is 283 g/mol. The number of benzene rings is 1. The molecule has 1 aromatic carbocycles. The van der Waals surface area contributed by atoms with Gasteiger partial charge < -0.3 is 15.0 Å². The van der Waals surface area contributed by atoms with Crippen molar-refractivity contribution in [2.45, 2.75) is 32.4 Å². The first-order valence-corrected chi connectivity index (χ1v) is 7.39. The predicted octanol–water partition coefficient (Wildman–Crippen LogP) is 3.06. The molecule has 3 nitrogen and oxygen atoms in total. The van der Waals surface area contributed by atoms with E-state index in [1.54, 1.807) is 7.11 Å². The van der Waals surface area contributed by atoms with Crippen LogP contribution in [0.25, 0.3) is 0 Å². The van der Waals surface area contributed by atoms with Gasteiger partial charge in [-0.15, -0.1) is 0 Å². The lowest BCUT2D eigenvalue weighted by Gasteiger charge is -2.34. The highest BCUT2D eigenvalue weighted by Crippen LogP contribution is 2.28. The summed E-state index contributed by atoms with van der Waals surface area (Å²) in [6.45, 7) is 6.08. The van der Waals surface area contributed by atoms with E-state index in [9.17, 15) is 0 Å². The number of rotatable bonds is 5. The minimum atomic E-state index is 0.410. The van der Waals surface area contributed by atoms with Crippen LogP contribution in [0.3, 0.4) is 0 Å². The molecule has 1 heterocycles. The molecule has 1 saturated heterocycles. The van der Waals surface area contributed by atoms with E-state index >= 15 is 0 Å². The van der Waals surface area contributed by atoms with Crippen LogP contribution in [0.1, 0.15) is 25.3 Å². The van der Waals surface area contributed by atoms with Crippen molar-refractivity contribution in [3.63, 3.8) is 0 Å². The van der Waals surface area contributed by atoms with E-state index in [4.69, 9.17) is 16.3 Å². The molecular weight excluding hydrogens is 260 g/mol. The van der Waals surface area contributed by atoms with Crippen LogP contribution in [0, 0.1) is 0 Å². The van der Waals surface area contributed by atoms with E-state index in [2.05, 4.69) is 29.3 Å². The average Bonchev–Trinajstić information content (AvgIpc) is 2.46. The van der Waals surface area contributed by atoms with Crippen LogP contribution < -0.4 is 10.2 Å². The Morgan fingerprint density at radius 3 is 2.74 bits per heavy atom. The second-order valence-corrected chi connectivity index (χ2v) is 5.41. The van der Waals surface area contributed by atoms with Crippen molar-refractivity contribution in [3.05, 3.63) is 28.8 Å². The smallest absolute Gasteiger partial charge is 0.0605 e. The van der Waals surface area contributed by atoms with E-state index in [-0.39, 0.29) is 0 Å². The van der Waals surface area contributed by atoms with Gasteiger partial charge in [-0.1, -0.05) is 24.6 Å². The molecule has 1 fully saturated rings. The van der Waals surface area contributed by atoms with Crippen molar-refractivity contribution < 1.29 is 4.74 Å². The Bertz CT molecular complexity index is 403. The first-order valence-electron chi connectivity index (χ1n) is 7.01. The van der Waals surface area contributed by atoms with Gasteiger partial charge in [-0.2, -0.15) is 0 Å². The van der Waals surface area contributed by atoms with Crippen molar-refractivity contribution in [1.82, 2.24) is 5.32 Å². The first kappa shape index (κ1) is 14.6. The second-order valence-electron chi connectivity index (χ2n) is 4.98. The Kier molecular flexibility index (Phi) is 5.49. The fourth-order valence-electron chi connectivity index (χ4n) is 2.57. The number of hydrogen-bond acceptors (Lipinski definition) is 3. The van der Waals surface area contributed by atoms with Crippen LogP contribution in [-0.2, 0) is 11.3 Å². The highest BCUT2D eigenvalue weighted by atomic mass is 35.5. The van der Waals surface area contributed by atoms with E-state index in [1.165, 1.54) is 11.3 Å². The monoisotopic (exact) mass is 282 g/mol. The molecule has 0 atom stereocenters. The molecule has 0 unspecified atom stereocenters. The molecule has 0 saturated carbocycles. The molecule has 19 heavy (non-hydrogen) atoms. The van der Waals surface area contributed by atoms with Crippen LogP contribution in [0.15, 0.2) is 18.2 Å². The molecule has 0 spiro atoms. The Balaban J connectivity index is 2.11. The number of piperidine rings is 1. The van der Waals surface area contributed by atoms with Crippen molar-refractivity contribution in [2.75, 3.05) is 31.6 Å². The van der Waals surface area contributed by atoms with E-state index < -0.39 is 0 Å². The maximum atomic E-state index is 6.15. The molecule has 1 aromatic rings. The van der Waals surface area contributed by atoms with Gasteiger partial charge in [0.1, 0.15) is 0 Å². The number of ether oxygens (including phenoxy) is 1. The third-order valence-electron chi connectivity index (χ3n) is 3.73. The molecule has 0 amide bonds. The van der Waals surface area contributed by atoms with E-state index in [0.717, 1.165) is 44.0 Å². The molecule has 2 rings (SSSR count). The van der Waals surface area contributed by atoms with Gasteiger partial charge in [0.05, 0.1) is 6.10 Å². The molecule has 0 radical (unpaired) electrons. The summed E-state index contributed by atoms with van der Waals surface area (Å²) in [5.74, 6) is 0. The lowest BCUT2D eigenvalue weighted by Crippen LogP contribution is -2.37. The summed E-state index contributed by atoms with van der Waals surface area (Å²) in [5, 5.41) is 4.20. The van der Waals surface area contributed by atoms with E-state index in [1.807, 2.05) is 6.07 Å². The number of methoxy groups -OCH3 is 1. The highest BCUT2D eigenvalue weighted by Gasteiger charge is 2.20. The third kappa shape index (κ3) is 3.85. The highest BCUT2D eigenvalue weighted by molar-refractivity contribution is 6.30. The number of nitrogens with zero attached hydrogens (tertiary/aromatic N) is 1. The third-order valence-corrected chi connectivity index (χ3v) is 3.96. The second kappa shape index (κ2) is 7.13. The largest absolute Gasteiger partial charge is 0.381 e.